The van der Waals surface area contributed by atoms with E-state index < -0.39 is 0 Å². The molecular formula is C15H21BrFNO. The summed E-state index contributed by atoms with van der Waals surface area (Å²) in [6.07, 6.45) is 3.01. The van der Waals surface area contributed by atoms with Gasteiger partial charge in [0.15, 0.2) is 0 Å². The van der Waals surface area contributed by atoms with Gasteiger partial charge in [-0.15, -0.1) is 0 Å². The van der Waals surface area contributed by atoms with Gasteiger partial charge in [0, 0.05) is 12.2 Å². The molecule has 2 rings (SSSR count). The Hall–Kier alpha value is -0.450. The molecule has 1 aromatic carbocycles. The summed E-state index contributed by atoms with van der Waals surface area (Å²) in [7, 11) is 0. The second-order valence-electron chi connectivity index (χ2n) is 5.29. The van der Waals surface area contributed by atoms with Gasteiger partial charge >= 0.3 is 0 Å². The van der Waals surface area contributed by atoms with Crippen LogP contribution in [0.5, 0.6) is 0 Å². The Morgan fingerprint density at radius 3 is 2.95 bits per heavy atom. The largest absolute Gasteiger partial charge is 0.373 e. The topological polar surface area (TPSA) is 21.3 Å². The van der Waals surface area contributed by atoms with Crippen molar-refractivity contribution >= 4 is 15.9 Å². The van der Waals surface area contributed by atoms with Gasteiger partial charge in [-0.1, -0.05) is 19.1 Å². The number of nitrogens with one attached hydrogen (secondary N) is 1. The lowest BCUT2D eigenvalue weighted by atomic mass is 9.87. The van der Waals surface area contributed by atoms with Gasteiger partial charge in [-0.2, -0.15) is 0 Å². The van der Waals surface area contributed by atoms with Crippen LogP contribution in [-0.4, -0.2) is 18.8 Å². The first-order valence-electron chi connectivity index (χ1n) is 6.90. The van der Waals surface area contributed by atoms with Crippen molar-refractivity contribution in [3.8, 4) is 0 Å². The van der Waals surface area contributed by atoms with Gasteiger partial charge < -0.3 is 10.1 Å². The Kier molecular flexibility index (Phi) is 4.98. The summed E-state index contributed by atoms with van der Waals surface area (Å²) < 4.78 is 20.8. The average Bonchev–Trinajstić information content (AvgIpc) is 2.82. The fourth-order valence-corrected chi connectivity index (χ4v) is 3.10. The molecule has 106 valence electrons. The van der Waals surface area contributed by atoms with Crippen molar-refractivity contribution in [2.45, 2.75) is 44.8 Å². The van der Waals surface area contributed by atoms with Crippen LogP contribution in [0.1, 0.15) is 44.7 Å². The number of ether oxygens (including phenoxy) is 1. The predicted molar refractivity (Wildman–Crippen MR) is 78.7 cm³/mol. The van der Waals surface area contributed by atoms with Gasteiger partial charge in [-0.25, -0.2) is 4.39 Å². The van der Waals surface area contributed by atoms with Crippen LogP contribution in [-0.2, 0) is 4.74 Å². The van der Waals surface area contributed by atoms with E-state index in [0.29, 0.717) is 10.0 Å². The number of benzene rings is 1. The van der Waals surface area contributed by atoms with Gasteiger partial charge in [0.1, 0.15) is 5.82 Å². The Balaban J connectivity index is 2.34. The molecule has 4 heteroatoms. The van der Waals surface area contributed by atoms with E-state index in [1.807, 2.05) is 12.1 Å². The highest BCUT2D eigenvalue weighted by molar-refractivity contribution is 9.10. The fraction of sp³-hybridized carbons (Fsp3) is 0.600. The molecule has 1 N–H and O–H groups in total. The van der Waals surface area contributed by atoms with Crippen molar-refractivity contribution in [3.63, 3.8) is 0 Å². The van der Waals surface area contributed by atoms with Crippen LogP contribution < -0.4 is 5.32 Å². The van der Waals surface area contributed by atoms with E-state index in [2.05, 4.69) is 35.1 Å². The molecule has 0 aromatic heterocycles. The molecular weight excluding hydrogens is 309 g/mol. The normalized spacial score (nSPS) is 24.6. The zero-order chi connectivity index (χ0) is 13.9. The molecule has 1 fully saturated rings. The molecule has 1 aliphatic rings. The van der Waals surface area contributed by atoms with Crippen LogP contribution in [0.2, 0.25) is 0 Å². The molecule has 0 spiro atoms. The number of hydrogen-bond acceptors (Lipinski definition) is 2. The second-order valence-corrected chi connectivity index (χ2v) is 6.15. The highest BCUT2D eigenvalue weighted by Gasteiger charge is 2.40. The van der Waals surface area contributed by atoms with E-state index in [0.717, 1.165) is 32.4 Å². The third kappa shape index (κ3) is 3.18. The molecule has 2 nitrogen and oxygen atoms in total. The van der Waals surface area contributed by atoms with E-state index in [1.54, 1.807) is 6.07 Å². The zero-order valence-corrected chi connectivity index (χ0v) is 13.1. The minimum Gasteiger partial charge on any atom is -0.373 e. The van der Waals surface area contributed by atoms with E-state index in [9.17, 15) is 4.39 Å². The smallest absolute Gasteiger partial charge is 0.142 e. The minimum absolute atomic E-state index is 0.104. The molecule has 2 atom stereocenters. The van der Waals surface area contributed by atoms with Crippen LogP contribution in [0.3, 0.4) is 0 Å². The van der Waals surface area contributed by atoms with Crippen molar-refractivity contribution in [1.29, 1.82) is 0 Å². The Morgan fingerprint density at radius 1 is 1.53 bits per heavy atom. The summed E-state index contributed by atoms with van der Waals surface area (Å²) >= 11 is 3.27. The van der Waals surface area contributed by atoms with Crippen LogP contribution >= 0.6 is 15.9 Å². The lowest BCUT2D eigenvalue weighted by molar-refractivity contribution is -0.0134. The maximum atomic E-state index is 14.4. The molecule has 0 aliphatic carbocycles. The third-order valence-corrected chi connectivity index (χ3v) is 4.36. The van der Waals surface area contributed by atoms with Gasteiger partial charge in [0.25, 0.3) is 0 Å². The van der Waals surface area contributed by atoms with Crippen LogP contribution in [0.25, 0.3) is 0 Å². The highest BCUT2D eigenvalue weighted by atomic mass is 79.9. The first kappa shape index (κ1) is 14.9. The average molecular weight is 330 g/mol. The third-order valence-electron chi connectivity index (χ3n) is 3.75. The second kappa shape index (κ2) is 6.33. The SMILES string of the molecule is CCCNC(c1cccc(Br)c1F)C1(C)CCCO1. The van der Waals surface area contributed by atoms with Crippen molar-refractivity contribution in [3.05, 3.63) is 34.1 Å². The summed E-state index contributed by atoms with van der Waals surface area (Å²) in [5.41, 5.74) is 0.365. The van der Waals surface area contributed by atoms with Crippen molar-refractivity contribution < 1.29 is 9.13 Å². The van der Waals surface area contributed by atoms with E-state index in [1.165, 1.54) is 0 Å². The number of halogens is 2. The van der Waals surface area contributed by atoms with E-state index in [4.69, 9.17) is 4.74 Å². The summed E-state index contributed by atoms with van der Waals surface area (Å²) in [5.74, 6) is -0.187. The predicted octanol–water partition coefficient (Wildman–Crippen LogP) is 4.20. The van der Waals surface area contributed by atoms with Gasteiger partial charge in [0.2, 0.25) is 0 Å². The van der Waals surface area contributed by atoms with Crippen molar-refractivity contribution in [1.82, 2.24) is 5.32 Å². The Morgan fingerprint density at radius 2 is 2.32 bits per heavy atom. The molecule has 1 saturated heterocycles. The van der Waals surface area contributed by atoms with E-state index in [-0.39, 0.29) is 17.5 Å². The molecule has 0 amide bonds. The molecule has 0 bridgehead atoms. The van der Waals surface area contributed by atoms with E-state index >= 15 is 0 Å². The molecule has 0 radical (unpaired) electrons. The molecule has 1 heterocycles. The van der Waals surface area contributed by atoms with Gasteiger partial charge in [-0.05, 0) is 54.7 Å². The summed E-state index contributed by atoms with van der Waals surface area (Å²) in [5, 5.41) is 3.45. The van der Waals surface area contributed by atoms with Crippen molar-refractivity contribution in [2.24, 2.45) is 0 Å². The zero-order valence-electron chi connectivity index (χ0n) is 11.5. The fourth-order valence-electron chi connectivity index (χ4n) is 2.72. The quantitative estimate of drug-likeness (QED) is 0.874. The lowest BCUT2D eigenvalue weighted by Crippen LogP contribution is -2.42. The number of hydrogen-bond donors (Lipinski definition) is 1. The summed E-state index contributed by atoms with van der Waals surface area (Å²) in [6.45, 7) is 5.80. The maximum Gasteiger partial charge on any atom is 0.142 e. The monoisotopic (exact) mass is 329 g/mol. The highest BCUT2D eigenvalue weighted by Crippen LogP contribution is 2.39. The molecule has 2 unspecified atom stereocenters. The van der Waals surface area contributed by atoms with Crippen LogP contribution in [0.4, 0.5) is 4.39 Å². The van der Waals surface area contributed by atoms with Crippen molar-refractivity contribution in [2.75, 3.05) is 13.2 Å². The van der Waals surface area contributed by atoms with Gasteiger partial charge in [0.05, 0.1) is 16.1 Å². The number of rotatable bonds is 5. The minimum atomic E-state index is -0.323. The Labute approximate surface area is 122 Å². The summed E-state index contributed by atoms with van der Waals surface area (Å²) in [4.78, 5) is 0. The van der Waals surface area contributed by atoms with Crippen LogP contribution in [0.15, 0.2) is 22.7 Å². The first-order chi connectivity index (χ1) is 9.08. The van der Waals surface area contributed by atoms with Gasteiger partial charge in [-0.3, -0.25) is 0 Å². The summed E-state index contributed by atoms with van der Waals surface area (Å²) in [6, 6.07) is 5.35. The molecule has 1 aliphatic heterocycles. The Bertz CT molecular complexity index is 432. The molecule has 19 heavy (non-hydrogen) atoms. The molecule has 0 saturated carbocycles. The maximum absolute atomic E-state index is 14.4. The van der Waals surface area contributed by atoms with Crippen LogP contribution in [0, 0.1) is 5.82 Å². The lowest BCUT2D eigenvalue weighted by Gasteiger charge is -2.35. The standard InChI is InChI=1S/C15H21BrFNO/c1-3-9-18-14(15(2)8-5-10-19-15)11-6-4-7-12(16)13(11)17/h4,6-7,14,18H,3,5,8-10H2,1-2H3. The first-order valence-corrected chi connectivity index (χ1v) is 7.69. The molecule has 1 aromatic rings.